The zero-order chi connectivity index (χ0) is 25.6. The number of amides is 4. The van der Waals surface area contributed by atoms with Gasteiger partial charge < -0.3 is 15.5 Å². The van der Waals surface area contributed by atoms with Crippen molar-refractivity contribution in [3.8, 4) is 0 Å². The molecule has 7 nitrogen and oxygen atoms in total. The van der Waals surface area contributed by atoms with E-state index in [1.807, 2.05) is 34.6 Å². The van der Waals surface area contributed by atoms with Crippen LogP contribution in [0.3, 0.4) is 0 Å². The summed E-state index contributed by atoms with van der Waals surface area (Å²) in [7, 11) is 0. The van der Waals surface area contributed by atoms with Gasteiger partial charge in [0, 0.05) is 12.1 Å². The van der Waals surface area contributed by atoms with E-state index in [2.05, 4.69) is 10.6 Å². The fraction of sp³-hybridized carbons (Fsp3) is 0.542. The SMILES string of the molecule is CCN1C(=O)N[C@@H](c2ccc(C(F)(F)F)cc2)C2=C1CN([C@H](C(=O)NC(C)(C)C)C(C)C)C2=O. The highest BCUT2D eigenvalue weighted by atomic mass is 19.4. The van der Waals surface area contributed by atoms with Gasteiger partial charge in [-0.15, -0.1) is 0 Å². The van der Waals surface area contributed by atoms with Gasteiger partial charge in [0.05, 0.1) is 29.4 Å². The van der Waals surface area contributed by atoms with Crippen LogP contribution >= 0.6 is 0 Å². The lowest BCUT2D eigenvalue weighted by Crippen LogP contribution is -2.55. The Morgan fingerprint density at radius 3 is 2.21 bits per heavy atom. The summed E-state index contributed by atoms with van der Waals surface area (Å²) in [5.41, 5.74) is -0.220. The summed E-state index contributed by atoms with van der Waals surface area (Å²) >= 11 is 0. The van der Waals surface area contributed by atoms with E-state index in [9.17, 15) is 27.6 Å². The van der Waals surface area contributed by atoms with Crippen molar-refractivity contribution in [2.45, 2.75) is 65.3 Å². The van der Waals surface area contributed by atoms with Crippen molar-refractivity contribution in [2.24, 2.45) is 5.92 Å². The molecule has 2 aliphatic rings. The van der Waals surface area contributed by atoms with Crippen LogP contribution in [0.1, 0.15) is 58.7 Å². The highest BCUT2D eigenvalue weighted by Crippen LogP contribution is 2.39. The average molecular weight is 481 g/mol. The molecule has 10 heteroatoms. The maximum atomic E-state index is 13.7. The van der Waals surface area contributed by atoms with Crippen molar-refractivity contribution in [3.63, 3.8) is 0 Å². The number of rotatable bonds is 5. The van der Waals surface area contributed by atoms with Crippen LogP contribution in [0.25, 0.3) is 0 Å². The van der Waals surface area contributed by atoms with Crippen LogP contribution in [-0.2, 0) is 15.8 Å². The maximum absolute atomic E-state index is 13.7. The average Bonchev–Trinajstić information content (AvgIpc) is 3.02. The minimum atomic E-state index is -4.50. The lowest BCUT2D eigenvalue weighted by atomic mass is 9.94. The monoisotopic (exact) mass is 480 g/mol. The van der Waals surface area contributed by atoms with Crippen LogP contribution in [0.4, 0.5) is 18.0 Å². The molecular formula is C24H31F3N4O3. The normalized spacial score (nSPS) is 20.0. The summed E-state index contributed by atoms with van der Waals surface area (Å²) in [6.45, 7) is 11.3. The van der Waals surface area contributed by atoms with Gasteiger partial charge in [-0.2, -0.15) is 13.2 Å². The Balaban J connectivity index is 2.01. The smallest absolute Gasteiger partial charge is 0.350 e. The van der Waals surface area contributed by atoms with Crippen molar-refractivity contribution in [3.05, 3.63) is 46.7 Å². The molecule has 0 aromatic heterocycles. The summed E-state index contributed by atoms with van der Waals surface area (Å²) in [5.74, 6) is -0.930. The zero-order valence-electron chi connectivity index (χ0n) is 20.2. The minimum absolute atomic E-state index is 0.0625. The van der Waals surface area contributed by atoms with Crippen LogP contribution in [0.5, 0.6) is 0 Å². The first-order valence-corrected chi connectivity index (χ1v) is 11.3. The van der Waals surface area contributed by atoms with Crippen molar-refractivity contribution < 1.29 is 27.6 Å². The Labute approximate surface area is 197 Å². The number of nitrogens with one attached hydrogen (secondary N) is 2. The molecule has 0 unspecified atom stereocenters. The van der Waals surface area contributed by atoms with E-state index in [-0.39, 0.29) is 23.9 Å². The van der Waals surface area contributed by atoms with Gasteiger partial charge >= 0.3 is 12.2 Å². The molecular weight excluding hydrogens is 449 g/mol. The Morgan fingerprint density at radius 2 is 1.74 bits per heavy atom. The van der Waals surface area contributed by atoms with Crippen molar-refractivity contribution in [1.29, 1.82) is 0 Å². The number of carbonyl (C=O) groups is 3. The molecule has 0 radical (unpaired) electrons. The number of carbonyl (C=O) groups excluding carboxylic acids is 3. The van der Waals surface area contributed by atoms with E-state index in [0.717, 1.165) is 12.1 Å². The standard InChI is InChI=1S/C24H31F3N4O3/c1-7-30-16-12-31(19(13(2)3)20(32)29-23(4,5)6)21(33)17(16)18(28-22(30)34)14-8-10-15(11-9-14)24(25,26)27/h8-11,13,18-19H,7,12H2,1-6H3,(H,28,34)(H,29,32)/t18-,19-/m0/s1. The van der Waals surface area contributed by atoms with Crippen LogP contribution < -0.4 is 10.6 Å². The number of urea groups is 1. The molecule has 0 bridgehead atoms. The Morgan fingerprint density at radius 1 is 1.15 bits per heavy atom. The summed E-state index contributed by atoms with van der Waals surface area (Å²) in [5, 5.41) is 5.67. The van der Waals surface area contributed by atoms with E-state index < -0.39 is 41.3 Å². The fourth-order valence-corrected chi connectivity index (χ4v) is 4.43. The third kappa shape index (κ3) is 4.90. The summed E-state index contributed by atoms with van der Waals surface area (Å²) in [6, 6.07) is 2.26. The number of likely N-dealkylation sites (N-methyl/N-ethyl adjacent to an activating group) is 1. The molecule has 1 aromatic carbocycles. The molecule has 2 N–H and O–H groups in total. The molecule has 3 rings (SSSR count). The van der Waals surface area contributed by atoms with E-state index in [1.54, 1.807) is 6.92 Å². The van der Waals surface area contributed by atoms with Crippen LogP contribution in [0.15, 0.2) is 35.5 Å². The molecule has 0 aliphatic carbocycles. The van der Waals surface area contributed by atoms with Gasteiger partial charge in [-0.05, 0) is 51.3 Å². The van der Waals surface area contributed by atoms with Gasteiger partial charge in [0.15, 0.2) is 0 Å². The van der Waals surface area contributed by atoms with Gasteiger partial charge in [0.25, 0.3) is 5.91 Å². The maximum Gasteiger partial charge on any atom is 0.416 e. The van der Waals surface area contributed by atoms with Gasteiger partial charge in [-0.1, -0.05) is 26.0 Å². The largest absolute Gasteiger partial charge is 0.416 e. The first kappa shape index (κ1) is 25.6. The van der Waals surface area contributed by atoms with Crippen molar-refractivity contribution in [2.75, 3.05) is 13.1 Å². The third-order valence-corrected chi connectivity index (χ3v) is 5.87. The highest BCUT2D eigenvalue weighted by Gasteiger charge is 2.47. The first-order chi connectivity index (χ1) is 15.7. The zero-order valence-corrected chi connectivity index (χ0v) is 20.2. The van der Waals surface area contributed by atoms with Crippen molar-refractivity contribution in [1.82, 2.24) is 20.4 Å². The van der Waals surface area contributed by atoms with Gasteiger partial charge in [0.2, 0.25) is 5.91 Å². The Kier molecular flexibility index (Phi) is 6.74. The molecule has 0 fully saturated rings. The van der Waals surface area contributed by atoms with E-state index >= 15 is 0 Å². The summed E-state index contributed by atoms with van der Waals surface area (Å²) in [4.78, 5) is 42.5. The van der Waals surface area contributed by atoms with Gasteiger partial charge in [-0.25, -0.2) is 4.79 Å². The Bertz CT molecular complexity index is 1010. The van der Waals surface area contributed by atoms with E-state index in [1.165, 1.54) is 21.9 Å². The van der Waals surface area contributed by atoms with Gasteiger partial charge in [0.1, 0.15) is 6.04 Å². The predicted octanol–water partition coefficient (Wildman–Crippen LogP) is 3.83. The minimum Gasteiger partial charge on any atom is -0.350 e. The molecule has 0 saturated heterocycles. The second kappa shape index (κ2) is 8.96. The Hall–Kier alpha value is -3.04. The number of halogens is 3. The number of nitrogens with zero attached hydrogens (tertiary/aromatic N) is 2. The second-order valence-corrected chi connectivity index (χ2v) is 9.97. The van der Waals surface area contributed by atoms with Crippen LogP contribution in [0.2, 0.25) is 0 Å². The molecule has 1 aromatic rings. The molecule has 34 heavy (non-hydrogen) atoms. The van der Waals surface area contributed by atoms with E-state index in [4.69, 9.17) is 0 Å². The number of benzene rings is 1. The van der Waals surface area contributed by atoms with Gasteiger partial charge in [-0.3, -0.25) is 14.5 Å². The molecule has 2 atom stereocenters. The molecule has 0 spiro atoms. The predicted molar refractivity (Wildman–Crippen MR) is 120 cm³/mol. The molecule has 0 saturated carbocycles. The number of hydrogen-bond donors (Lipinski definition) is 2. The second-order valence-electron chi connectivity index (χ2n) is 9.97. The quantitative estimate of drug-likeness (QED) is 0.672. The molecule has 2 aliphatic heterocycles. The van der Waals surface area contributed by atoms with E-state index in [0.29, 0.717) is 17.8 Å². The highest BCUT2D eigenvalue weighted by molar-refractivity contribution is 6.03. The topological polar surface area (TPSA) is 81.8 Å². The number of alkyl halides is 3. The first-order valence-electron chi connectivity index (χ1n) is 11.3. The fourth-order valence-electron chi connectivity index (χ4n) is 4.43. The third-order valence-electron chi connectivity index (χ3n) is 5.87. The van der Waals surface area contributed by atoms with Crippen LogP contribution in [0, 0.1) is 5.92 Å². The van der Waals surface area contributed by atoms with Crippen molar-refractivity contribution >= 4 is 17.8 Å². The molecule has 4 amide bonds. The number of hydrogen-bond acceptors (Lipinski definition) is 3. The summed E-state index contributed by atoms with van der Waals surface area (Å²) < 4.78 is 39.1. The lowest BCUT2D eigenvalue weighted by Gasteiger charge is -2.33. The summed E-state index contributed by atoms with van der Waals surface area (Å²) in [6.07, 6.45) is -4.50. The molecule has 186 valence electrons. The molecule has 2 heterocycles. The lowest BCUT2D eigenvalue weighted by molar-refractivity contribution is -0.139. The van der Waals surface area contributed by atoms with Crippen LogP contribution in [-0.4, -0.2) is 52.3 Å².